The molecule has 0 amide bonds. The minimum Gasteiger partial charge on any atom is -0.299 e. The van der Waals surface area contributed by atoms with Crippen LogP contribution in [0.3, 0.4) is 0 Å². The van der Waals surface area contributed by atoms with E-state index in [1.165, 1.54) is 43.5 Å². The van der Waals surface area contributed by atoms with Crippen molar-refractivity contribution < 1.29 is 0 Å². The Bertz CT molecular complexity index is 329. The fourth-order valence-electron chi connectivity index (χ4n) is 2.17. The molecule has 82 valence electrons. The van der Waals surface area contributed by atoms with Gasteiger partial charge < -0.3 is 0 Å². The first-order valence-corrected chi connectivity index (χ1v) is 6.11. The predicted octanol–water partition coefficient (Wildman–Crippen LogP) is 3.63. The Kier molecular flexibility index (Phi) is 3.66. The van der Waals surface area contributed by atoms with E-state index < -0.39 is 0 Å². The monoisotopic (exact) mass is 223 g/mol. The smallest absolute Gasteiger partial charge is 0.0409 e. The normalized spacial score (nSPS) is 18.0. The number of hydrogen-bond acceptors (Lipinski definition) is 1. The quantitative estimate of drug-likeness (QED) is 0.740. The Balaban J connectivity index is 2.05. The molecule has 0 atom stereocenters. The molecular weight excluding hydrogens is 206 g/mol. The molecule has 1 saturated heterocycles. The Labute approximate surface area is 97.0 Å². The molecule has 1 fully saturated rings. The fourth-order valence-corrected chi connectivity index (χ4v) is 2.36. The van der Waals surface area contributed by atoms with Gasteiger partial charge in [0.2, 0.25) is 0 Å². The van der Waals surface area contributed by atoms with E-state index in [4.69, 9.17) is 11.6 Å². The van der Waals surface area contributed by atoms with Crippen LogP contribution in [0.4, 0.5) is 0 Å². The molecular formula is C13H18ClN. The van der Waals surface area contributed by atoms with Gasteiger partial charge in [0.15, 0.2) is 0 Å². The highest BCUT2D eigenvalue weighted by Crippen LogP contribution is 2.19. The molecule has 0 radical (unpaired) electrons. The zero-order valence-electron chi connectivity index (χ0n) is 9.30. The van der Waals surface area contributed by atoms with Gasteiger partial charge in [-0.05, 0) is 56.1 Å². The molecule has 1 aliphatic heterocycles. The standard InChI is InChI=1S/C13H18ClN/c1-11-5-6-13(14)9-12(11)10-15-7-3-2-4-8-15/h5-6,9H,2-4,7-8,10H2,1H3. The van der Waals surface area contributed by atoms with E-state index in [9.17, 15) is 0 Å². The Hall–Kier alpha value is -0.530. The fraction of sp³-hybridized carbons (Fsp3) is 0.538. The molecule has 1 nitrogen and oxygen atoms in total. The lowest BCUT2D eigenvalue weighted by atomic mass is 10.1. The van der Waals surface area contributed by atoms with Crippen LogP contribution < -0.4 is 0 Å². The summed E-state index contributed by atoms with van der Waals surface area (Å²) in [6.45, 7) is 5.71. The minimum absolute atomic E-state index is 0.854. The molecule has 15 heavy (non-hydrogen) atoms. The summed E-state index contributed by atoms with van der Waals surface area (Å²) in [4.78, 5) is 2.53. The number of halogens is 1. The van der Waals surface area contributed by atoms with Crippen LogP contribution in [0.1, 0.15) is 30.4 Å². The number of benzene rings is 1. The van der Waals surface area contributed by atoms with Crippen LogP contribution in [0.5, 0.6) is 0 Å². The van der Waals surface area contributed by atoms with E-state index in [2.05, 4.69) is 24.0 Å². The van der Waals surface area contributed by atoms with Crippen molar-refractivity contribution in [2.24, 2.45) is 0 Å². The summed E-state index contributed by atoms with van der Waals surface area (Å²) in [7, 11) is 0. The van der Waals surface area contributed by atoms with Crippen molar-refractivity contribution in [1.29, 1.82) is 0 Å². The summed E-state index contributed by atoms with van der Waals surface area (Å²) in [6.07, 6.45) is 4.09. The van der Waals surface area contributed by atoms with Gasteiger partial charge in [0.1, 0.15) is 0 Å². The number of piperidine rings is 1. The van der Waals surface area contributed by atoms with E-state index in [0.29, 0.717) is 0 Å². The summed E-state index contributed by atoms with van der Waals surface area (Å²) < 4.78 is 0. The predicted molar refractivity (Wildman–Crippen MR) is 65.3 cm³/mol. The van der Waals surface area contributed by atoms with Crippen molar-refractivity contribution in [3.05, 3.63) is 34.3 Å². The molecule has 1 heterocycles. The van der Waals surface area contributed by atoms with Crippen LogP contribution in [0.15, 0.2) is 18.2 Å². The number of likely N-dealkylation sites (tertiary alicyclic amines) is 1. The van der Waals surface area contributed by atoms with E-state index in [0.717, 1.165) is 11.6 Å². The van der Waals surface area contributed by atoms with Crippen molar-refractivity contribution in [3.8, 4) is 0 Å². The number of nitrogens with zero attached hydrogens (tertiary/aromatic N) is 1. The number of hydrogen-bond donors (Lipinski definition) is 0. The van der Waals surface area contributed by atoms with Crippen molar-refractivity contribution in [1.82, 2.24) is 4.90 Å². The third kappa shape index (κ3) is 2.96. The van der Waals surface area contributed by atoms with E-state index in [1.807, 2.05) is 6.07 Å². The summed E-state index contributed by atoms with van der Waals surface area (Å²) in [5.74, 6) is 0. The van der Waals surface area contributed by atoms with Crippen LogP contribution in [0, 0.1) is 6.92 Å². The first-order chi connectivity index (χ1) is 7.25. The molecule has 0 N–H and O–H groups in total. The average Bonchev–Trinajstić information content (AvgIpc) is 2.25. The van der Waals surface area contributed by atoms with Crippen LogP contribution in [-0.4, -0.2) is 18.0 Å². The SMILES string of the molecule is Cc1ccc(Cl)cc1CN1CCCCC1. The van der Waals surface area contributed by atoms with Gasteiger partial charge in [0, 0.05) is 11.6 Å². The molecule has 0 bridgehead atoms. The first kappa shape index (κ1) is 11.0. The molecule has 0 aromatic heterocycles. The van der Waals surface area contributed by atoms with Gasteiger partial charge >= 0.3 is 0 Å². The molecule has 1 aromatic rings. The van der Waals surface area contributed by atoms with Crippen LogP contribution in [-0.2, 0) is 6.54 Å². The summed E-state index contributed by atoms with van der Waals surface area (Å²) in [5.41, 5.74) is 2.73. The van der Waals surface area contributed by atoms with Gasteiger partial charge in [-0.1, -0.05) is 24.1 Å². The van der Waals surface area contributed by atoms with Gasteiger partial charge in [0.05, 0.1) is 0 Å². The van der Waals surface area contributed by atoms with Crippen LogP contribution >= 0.6 is 11.6 Å². The highest BCUT2D eigenvalue weighted by atomic mass is 35.5. The largest absolute Gasteiger partial charge is 0.299 e. The Morgan fingerprint density at radius 1 is 1.20 bits per heavy atom. The molecule has 2 rings (SSSR count). The Morgan fingerprint density at radius 3 is 2.67 bits per heavy atom. The maximum absolute atomic E-state index is 6.02. The van der Waals surface area contributed by atoms with Crippen molar-refractivity contribution in [3.63, 3.8) is 0 Å². The van der Waals surface area contributed by atoms with E-state index in [-0.39, 0.29) is 0 Å². The second-order valence-corrected chi connectivity index (χ2v) is 4.84. The molecule has 1 aromatic carbocycles. The van der Waals surface area contributed by atoms with Crippen molar-refractivity contribution >= 4 is 11.6 Å². The van der Waals surface area contributed by atoms with E-state index in [1.54, 1.807) is 0 Å². The van der Waals surface area contributed by atoms with Gasteiger partial charge in [-0.3, -0.25) is 4.90 Å². The minimum atomic E-state index is 0.854. The maximum Gasteiger partial charge on any atom is 0.0409 e. The third-order valence-corrected chi connectivity index (χ3v) is 3.39. The zero-order chi connectivity index (χ0) is 10.7. The lowest BCUT2D eigenvalue weighted by Crippen LogP contribution is -2.29. The second-order valence-electron chi connectivity index (χ2n) is 4.41. The van der Waals surface area contributed by atoms with Crippen molar-refractivity contribution in [2.45, 2.75) is 32.7 Å². The Morgan fingerprint density at radius 2 is 1.93 bits per heavy atom. The topological polar surface area (TPSA) is 3.24 Å². The molecule has 0 saturated carbocycles. The number of aryl methyl sites for hydroxylation is 1. The molecule has 0 spiro atoms. The highest BCUT2D eigenvalue weighted by Gasteiger charge is 2.11. The summed E-state index contributed by atoms with van der Waals surface area (Å²) >= 11 is 6.02. The van der Waals surface area contributed by atoms with Crippen LogP contribution in [0.25, 0.3) is 0 Å². The second kappa shape index (κ2) is 5.00. The van der Waals surface area contributed by atoms with Gasteiger partial charge in [-0.15, -0.1) is 0 Å². The van der Waals surface area contributed by atoms with Crippen LogP contribution in [0.2, 0.25) is 5.02 Å². The lowest BCUT2D eigenvalue weighted by Gasteiger charge is -2.27. The maximum atomic E-state index is 6.02. The molecule has 1 aliphatic rings. The number of rotatable bonds is 2. The van der Waals surface area contributed by atoms with Crippen molar-refractivity contribution in [2.75, 3.05) is 13.1 Å². The summed E-state index contributed by atoms with van der Waals surface area (Å²) in [5, 5.41) is 0.854. The van der Waals surface area contributed by atoms with Gasteiger partial charge in [-0.2, -0.15) is 0 Å². The van der Waals surface area contributed by atoms with Gasteiger partial charge in [0.25, 0.3) is 0 Å². The first-order valence-electron chi connectivity index (χ1n) is 5.73. The third-order valence-electron chi connectivity index (χ3n) is 3.15. The molecule has 0 aliphatic carbocycles. The van der Waals surface area contributed by atoms with Gasteiger partial charge in [-0.25, -0.2) is 0 Å². The summed E-state index contributed by atoms with van der Waals surface area (Å²) in [6, 6.07) is 6.18. The van der Waals surface area contributed by atoms with E-state index >= 15 is 0 Å². The highest BCUT2D eigenvalue weighted by molar-refractivity contribution is 6.30. The zero-order valence-corrected chi connectivity index (χ0v) is 10.1. The molecule has 0 unspecified atom stereocenters. The lowest BCUT2D eigenvalue weighted by molar-refractivity contribution is 0.220. The average molecular weight is 224 g/mol. The molecule has 2 heteroatoms.